The van der Waals surface area contributed by atoms with Gasteiger partial charge in [-0.3, -0.25) is 4.79 Å². The number of nitrogens with two attached hydrogens (primary N) is 1. The lowest BCUT2D eigenvalue weighted by atomic mass is 10.1. The third kappa shape index (κ3) is 4.95. The SMILES string of the molecule is NCC#Cc1csc(CNC(=O)Cc2cccc(O)c2)c1. The summed E-state index contributed by atoms with van der Waals surface area (Å²) in [4.78, 5) is 12.9. The Morgan fingerprint density at radius 2 is 2.24 bits per heavy atom. The van der Waals surface area contributed by atoms with Crippen LogP contribution in [0.5, 0.6) is 5.75 Å². The predicted molar refractivity (Wildman–Crippen MR) is 83.9 cm³/mol. The molecule has 0 saturated heterocycles. The normalized spacial score (nSPS) is 9.76. The topological polar surface area (TPSA) is 75.3 Å². The Morgan fingerprint density at radius 1 is 1.38 bits per heavy atom. The minimum absolute atomic E-state index is 0.0800. The number of carbonyl (C=O) groups excluding carboxylic acids is 1. The lowest BCUT2D eigenvalue weighted by Gasteiger charge is -2.04. The van der Waals surface area contributed by atoms with Crippen molar-refractivity contribution in [2.75, 3.05) is 6.54 Å². The molecule has 4 N–H and O–H groups in total. The predicted octanol–water partition coefficient (Wildman–Crippen LogP) is 1.62. The van der Waals surface area contributed by atoms with Gasteiger partial charge in [-0.05, 0) is 23.8 Å². The molecular weight excluding hydrogens is 284 g/mol. The molecule has 2 rings (SSSR count). The van der Waals surface area contributed by atoms with Crippen LogP contribution >= 0.6 is 11.3 Å². The van der Waals surface area contributed by atoms with Crippen LogP contribution < -0.4 is 11.1 Å². The number of carbonyl (C=O) groups is 1. The summed E-state index contributed by atoms with van der Waals surface area (Å²) in [6.45, 7) is 0.818. The first-order valence-corrected chi connectivity index (χ1v) is 7.36. The van der Waals surface area contributed by atoms with E-state index in [2.05, 4.69) is 17.2 Å². The van der Waals surface area contributed by atoms with Gasteiger partial charge in [0.15, 0.2) is 0 Å². The number of nitrogens with one attached hydrogen (secondary N) is 1. The van der Waals surface area contributed by atoms with E-state index in [4.69, 9.17) is 5.73 Å². The Hall–Kier alpha value is -2.29. The molecule has 0 unspecified atom stereocenters. The van der Waals surface area contributed by atoms with Crippen LogP contribution in [-0.2, 0) is 17.8 Å². The number of hydrogen-bond donors (Lipinski definition) is 3. The van der Waals surface area contributed by atoms with Gasteiger partial charge in [-0.1, -0.05) is 24.0 Å². The van der Waals surface area contributed by atoms with Gasteiger partial charge < -0.3 is 16.2 Å². The molecule has 0 radical (unpaired) electrons. The Balaban J connectivity index is 1.85. The Labute approximate surface area is 127 Å². The summed E-state index contributed by atoms with van der Waals surface area (Å²) in [7, 11) is 0. The molecule has 5 heteroatoms. The minimum Gasteiger partial charge on any atom is -0.508 e. The molecule has 0 aliphatic carbocycles. The van der Waals surface area contributed by atoms with Gasteiger partial charge in [0, 0.05) is 15.8 Å². The molecule has 0 spiro atoms. The van der Waals surface area contributed by atoms with Crippen molar-refractivity contribution in [2.45, 2.75) is 13.0 Å². The van der Waals surface area contributed by atoms with Crippen LogP contribution in [0.3, 0.4) is 0 Å². The summed E-state index contributed by atoms with van der Waals surface area (Å²) in [6, 6.07) is 8.65. The largest absolute Gasteiger partial charge is 0.508 e. The second kappa shape index (κ2) is 7.48. The Bertz CT molecular complexity index is 683. The maximum Gasteiger partial charge on any atom is 0.224 e. The highest BCUT2D eigenvalue weighted by molar-refractivity contribution is 7.10. The number of amides is 1. The van der Waals surface area contributed by atoms with Crippen LogP contribution in [0.25, 0.3) is 0 Å². The lowest BCUT2D eigenvalue weighted by Crippen LogP contribution is -2.24. The number of hydrogen-bond acceptors (Lipinski definition) is 4. The van der Waals surface area contributed by atoms with Crippen molar-refractivity contribution in [2.24, 2.45) is 5.73 Å². The van der Waals surface area contributed by atoms with Gasteiger partial charge in [-0.25, -0.2) is 0 Å². The molecule has 1 heterocycles. The van der Waals surface area contributed by atoms with E-state index >= 15 is 0 Å². The third-order valence-corrected chi connectivity index (χ3v) is 3.66. The minimum atomic E-state index is -0.0800. The number of rotatable bonds is 4. The van der Waals surface area contributed by atoms with E-state index in [0.29, 0.717) is 13.1 Å². The van der Waals surface area contributed by atoms with E-state index in [1.54, 1.807) is 29.5 Å². The van der Waals surface area contributed by atoms with Crippen molar-refractivity contribution in [3.8, 4) is 17.6 Å². The zero-order chi connectivity index (χ0) is 15.1. The number of thiophene rings is 1. The van der Waals surface area contributed by atoms with Crippen LogP contribution in [0.15, 0.2) is 35.7 Å². The highest BCUT2D eigenvalue weighted by atomic mass is 32.1. The molecule has 0 atom stereocenters. The molecule has 0 saturated carbocycles. The molecule has 0 aliphatic heterocycles. The van der Waals surface area contributed by atoms with Crippen LogP contribution in [-0.4, -0.2) is 17.6 Å². The average Bonchev–Trinajstić information content (AvgIpc) is 2.91. The Kier molecular flexibility index (Phi) is 5.38. The fourth-order valence-corrected chi connectivity index (χ4v) is 2.55. The first kappa shape index (κ1) is 15.1. The van der Waals surface area contributed by atoms with Gasteiger partial charge in [0.25, 0.3) is 0 Å². The Morgan fingerprint density at radius 3 is 3.00 bits per heavy atom. The first-order valence-electron chi connectivity index (χ1n) is 6.48. The van der Waals surface area contributed by atoms with Gasteiger partial charge in [0.05, 0.1) is 19.5 Å². The average molecular weight is 300 g/mol. The van der Waals surface area contributed by atoms with E-state index in [0.717, 1.165) is 16.0 Å². The molecule has 1 amide bonds. The van der Waals surface area contributed by atoms with E-state index in [1.807, 2.05) is 17.5 Å². The van der Waals surface area contributed by atoms with E-state index in [9.17, 15) is 9.90 Å². The van der Waals surface area contributed by atoms with Gasteiger partial charge in [-0.2, -0.15) is 0 Å². The molecule has 0 fully saturated rings. The van der Waals surface area contributed by atoms with Crippen molar-refractivity contribution in [1.29, 1.82) is 0 Å². The van der Waals surface area contributed by atoms with Gasteiger partial charge in [0.1, 0.15) is 5.75 Å². The molecule has 4 nitrogen and oxygen atoms in total. The van der Waals surface area contributed by atoms with E-state index in [-0.39, 0.29) is 18.1 Å². The molecular formula is C16H16N2O2S. The van der Waals surface area contributed by atoms with Crippen LogP contribution in [0, 0.1) is 11.8 Å². The summed E-state index contributed by atoms with van der Waals surface area (Å²) in [5.41, 5.74) is 7.02. The number of phenolic OH excluding ortho intramolecular Hbond substituents is 1. The van der Waals surface area contributed by atoms with Crippen molar-refractivity contribution >= 4 is 17.2 Å². The van der Waals surface area contributed by atoms with E-state index < -0.39 is 0 Å². The fraction of sp³-hybridized carbons (Fsp3) is 0.188. The van der Waals surface area contributed by atoms with Gasteiger partial charge in [-0.15, -0.1) is 11.3 Å². The highest BCUT2D eigenvalue weighted by Gasteiger charge is 2.05. The van der Waals surface area contributed by atoms with Crippen molar-refractivity contribution < 1.29 is 9.90 Å². The smallest absolute Gasteiger partial charge is 0.224 e. The monoisotopic (exact) mass is 300 g/mol. The third-order valence-electron chi connectivity index (χ3n) is 2.72. The first-order chi connectivity index (χ1) is 10.2. The highest BCUT2D eigenvalue weighted by Crippen LogP contribution is 2.14. The standard InChI is InChI=1S/C16H16N2O2S/c17-6-2-4-13-8-15(21-11-13)10-18-16(20)9-12-3-1-5-14(19)7-12/h1,3,5,7-8,11,19H,6,9-10,17H2,(H,18,20). The number of phenols is 1. The molecule has 1 aromatic carbocycles. The number of aromatic hydroxyl groups is 1. The zero-order valence-corrected chi connectivity index (χ0v) is 12.2. The van der Waals surface area contributed by atoms with Crippen molar-refractivity contribution in [1.82, 2.24) is 5.32 Å². The van der Waals surface area contributed by atoms with Crippen LogP contribution in [0.2, 0.25) is 0 Å². The molecule has 2 aromatic rings. The molecule has 0 bridgehead atoms. The summed E-state index contributed by atoms with van der Waals surface area (Å²) in [6.07, 6.45) is 0.250. The number of benzene rings is 1. The molecule has 1 aromatic heterocycles. The fourth-order valence-electron chi connectivity index (χ4n) is 1.79. The van der Waals surface area contributed by atoms with Crippen molar-refractivity contribution in [3.63, 3.8) is 0 Å². The van der Waals surface area contributed by atoms with E-state index in [1.165, 1.54) is 0 Å². The maximum absolute atomic E-state index is 11.8. The molecule has 0 aliphatic rings. The summed E-state index contributed by atoms with van der Waals surface area (Å²) < 4.78 is 0. The second-order valence-corrected chi connectivity index (χ2v) is 5.43. The zero-order valence-electron chi connectivity index (χ0n) is 11.4. The summed E-state index contributed by atoms with van der Waals surface area (Å²) in [5, 5.41) is 14.2. The maximum atomic E-state index is 11.8. The lowest BCUT2D eigenvalue weighted by molar-refractivity contribution is -0.120. The van der Waals surface area contributed by atoms with Crippen molar-refractivity contribution in [3.05, 3.63) is 51.7 Å². The quantitative estimate of drug-likeness (QED) is 0.751. The van der Waals surface area contributed by atoms with Crippen LogP contribution in [0.1, 0.15) is 16.0 Å². The van der Waals surface area contributed by atoms with Gasteiger partial charge >= 0.3 is 0 Å². The van der Waals surface area contributed by atoms with Gasteiger partial charge in [0.2, 0.25) is 5.91 Å². The summed E-state index contributed by atoms with van der Waals surface area (Å²) >= 11 is 1.55. The van der Waals surface area contributed by atoms with Crippen LogP contribution in [0.4, 0.5) is 0 Å². The summed E-state index contributed by atoms with van der Waals surface area (Å²) in [5.74, 6) is 5.84. The molecule has 108 valence electrons. The molecule has 21 heavy (non-hydrogen) atoms. The second-order valence-electron chi connectivity index (χ2n) is 4.43.